The molecule has 0 heterocycles. The number of hydrogen-bond donors (Lipinski definition) is 0. The van der Waals surface area contributed by atoms with Crippen molar-refractivity contribution in [2.24, 2.45) is 0 Å². The predicted molar refractivity (Wildman–Crippen MR) is 36.0 cm³/mol. The molecule has 50 valence electrons. The molecule has 0 aliphatic rings. The molecule has 1 aromatic rings. The van der Waals surface area contributed by atoms with E-state index in [4.69, 9.17) is 11.6 Å². The predicted octanol–water partition coefficient (Wildman–Crippen LogP) is -1.10. The molecule has 0 fully saturated rings. The van der Waals surface area contributed by atoms with Crippen LogP contribution in [-0.2, 0) is 0 Å². The van der Waals surface area contributed by atoms with Crippen molar-refractivity contribution < 1.29 is 16.8 Å². The van der Waals surface area contributed by atoms with E-state index in [2.05, 4.69) is 6.07 Å². The molecule has 0 saturated carbocycles. The summed E-state index contributed by atoms with van der Waals surface area (Å²) >= 11 is 5.39. The van der Waals surface area contributed by atoms with Gasteiger partial charge in [0.2, 0.25) is 0 Å². The third-order valence-electron chi connectivity index (χ3n) is 0.737. The zero-order valence-corrected chi connectivity index (χ0v) is 8.00. The Balaban J connectivity index is 0. The third-order valence-corrected chi connectivity index (χ3v) is 0.972. The Morgan fingerprint density at radius 1 is 1.40 bits per heavy atom. The van der Waals surface area contributed by atoms with E-state index < -0.39 is 0 Å². The van der Waals surface area contributed by atoms with E-state index in [1.807, 2.05) is 0 Å². The van der Waals surface area contributed by atoms with Crippen LogP contribution in [0.15, 0.2) is 18.2 Å². The molecule has 0 saturated heterocycles. The summed E-state index contributed by atoms with van der Waals surface area (Å²) in [5.74, 6) is -0.311. The molecule has 0 amide bonds. The van der Waals surface area contributed by atoms with Gasteiger partial charge in [0.05, 0.1) is 0 Å². The van der Waals surface area contributed by atoms with Gasteiger partial charge in [-0.05, 0) is 0 Å². The van der Waals surface area contributed by atoms with Gasteiger partial charge in [0.15, 0.2) is 0 Å². The molecule has 0 nitrogen and oxygen atoms in total. The van der Waals surface area contributed by atoms with Gasteiger partial charge in [0.1, 0.15) is 0 Å². The summed E-state index contributed by atoms with van der Waals surface area (Å²) < 4.78 is 12.0. The Hall–Kier alpha value is 0.496. The van der Waals surface area contributed by atoms with Gasteiger partial charge in [-0.3, -0.25) is 4.39 Å². The second kappa shape index (κ2) is 6.22. The third kappa shape index (κ3) is 4.33. The summed E-state index contributed by atoms with van der Waals surface area (Å²) in [6.07, 6.45) is 0. The minimum atomic E-state index is -0.311. The van der Waals surface area contributed by atoms with E-state index in [0.29, 0.717) is 5.02 Å². The molecule has 0 unspecified atom stereocenters. The van der Waals surface area contributed by atoms with Crippen molar-refractivity contribution >= 4 is 34.7 Å². The maximum Gasteiger partial charge on any atom is 2.00 e. The fourth-order valence-corrected chi connectivity index (χ4v) is 0.504. The van der Waals surface area contributed by atoms with Crippen LogP contribution in [-0.4, -0.2) is 23.1 Å². The maximum atomic E-state index is 12.0. The molecule has 1 rings (SSSR count). The van der Waals surface area contributed by atoms with Crippen LogP contribution in [0.4, 0.5) is 4.39 Å². The Kier molecular flexibility index (Phi) is 8.16. The van der Waals surface area contributed by atoms with Crippen LogP contribution in [0.2, 0.25) is 5.02 Å². The first-order chi connectivity index (χ1) is 3.79. The number of hydrogen-bond acceptors (Lipinski definition) is 0. The maximum absolute atomic E-state index is 12.0. The quantitative estimate of drug-likeness (QED) is 0.359. The zero-order chi connectivity index (χ0) is 5.98. The minimum Gasteiger partial charge on any atom is -1.00 e. The standard InChI is InChI=1S/C6H3ClF.ClH.Mg/c7-5-1-3-6(8)4-2-5;;/h1,3-4H;1H;/q-1;;+2/p-1. The first-order valence-corrected chi connectivity index (χ1v) is 2.49. The Morgan fingerprint density at radius 3 is 2.30 bits per heavy atom. The van der Waals surface area contributed by atoms with Crippen molar-refractivity contribution in [1.29, 1.82) is 0 Å². The minimum absolute atomic E-state index is 0. The molecule has 1 aromatic carbocycles. The summed E-state index contributed by atoms with van der Waals surface area (Å²) in [6.45, 7) is 0. The first kappa shape index (κ1) is 13.1. The zero-order valence-electron chi connectivity index (χ0n) is 5.07. The van der Waals surface area contributed by atoms with Gasteiger partial charge in [-0.15, -0.1) is 29.8 Å². The summed E-state index contributed by atoms with van der Waals surface area (Å²) in [5.41, 5.74) is 0. The largest absolute Gasteiger partial charge is 2.00 e. The van der Waals surface area contributed by atoms with E-state index in [9.17, 15) is 4.39 Å². The van der Waals surface area contributed by atoms with E-state index in [1.165, 1.54) is 18.2 Å². The molecule has 10 heavy (non-hydrogen) atoms. The monoisotopic (exact) mass is 188 g/mol. The fraction of sp³-hybridized carbons (Fsp3) is 0. The normalized spacial score (nSPS) is 7.40. The van der Waals surface area contributed by atoms with Crippen molar-refractivity contribution in [3.8, 4) is 0 Å². The number of rotatable bonds is 0. The van der Waals surface area contributed by atoms with E-state index >= 15 is 0 Å². The van der Waals surface area contributed by atoms with Crippen molar-refractivity contribution in [3.63, 3.8) is 0 Å². The molecular weight excluding hydrogens is 186 g/mol. The van der Waals surface area contributed by atoms with E-state index in [1.54, 1.807) is 0 Å². The Labute approximate surface area is 86.3 Å². The number of halogens is 3. The average Bonchev–Trinajstić information content (AvgIpc) is 1.77. The van der Waals surface area contributed by atoms with Crippen LogP contribution in [0.25, 0.3) is 0 Å². The average molecular weight is 189 g/mol. The van der Waals surface area contributed by atoms with Gasteiger partial charge in [-0.25, -0.2) is 0 Å². The van der Waals surface area contributed by atoms with Crippen LogP contribution in [0.1, 0.15) is 0 Å². The SMILES string of the molecule is Fc1c[c-]c(Cl)cc1.[Cl-].[Mg+2]. The molecule has 0 aliphatic heterocycles. The summed E-state index contributed by atoms with van der Waals surface area (Å²) in [5, 5.41) is 0.436. The fourth-order valence-electron chi connectivity index (χ4n) is 0.387. The second-order valence-corrected chi connectivity index (χ2v) is 1.76. The summed E-state index contributed by atoms with van der Waals surface area (Å²) in [7, 11) is 0. The van der Waals surface area contributed by atoms with Crippen molar-refractivity contribution in [1.82, 2.24) is 0 Å². The molecule has 0 atom stereocenters. The van der Waals surface area contributed by atoms with Crippen LogP contribution >= 0.6 is 11.6 Å². The molecule has 0 bridgehead atoms. The summed E-state index contributed by atoms with van der Waals surface area (Å²) in [4.78, 5) is 0. The van der Waals surface area contributed by atoms with Gasteiger partial charge in [0.25, 0.3) is 0 Å². The molecule has 0 radical (unpaired) electrons. The van der Waals surface area contributed by atoms with Gasteiger partial charge in [0, 0.05) is 5.82 Å². The molecular formula is C6H3Cl2FMg. The topological polar surface area (TPSA) is 0 Å². The van der Waals surface area contributed by atoms with Crippen LogP contribution < -0.4 is 12.4 Å². The van der Waals surface area contributed by atoms with Gasteiger partial charge in [-0.2, -0.15) is 6.07 Å². The van der Waals surface area contributed by atoms with E-state index in [0.717, 1.165) is 0 Å². The Morgan fingerprint density at radius 2 is 2.00 bits per heavy atom. The molecule has 0 spiro atoms. The molecule has 4 heteroatoms. The smallest absolute Gasteiger partial charge is 1.00 e. The molecule has 0 N–H and O–H groups in total. The summed E-state index contributed by atoms with van der Waals surface area (Å²) in [6, 6.07) is 6.43. The first-order valence-electron chi connectivity index (χ1n) is 2.12. The van der Waals surface area contributed by atoms with Crippen LogP contribution in [0.5, 0.6) is 0 Å². The molecule has 0 aromatic heterocycles. The molecule has 0 aliphatic carbocycles. The van der Waals surface area contributed by atoms with Gasteiger partial charge < -0.3 is 12.4 Å². The second-order valence-electron chi connectivity index (χ2n) is 1.35. The van der Waals surface area contributed by atoms with Crippen molar-refractivity contribution in [3.05, 3.63) is 35.1 Å². The van der Waals surface area contributed by atoms with Crippen LogP contribution in [0.3, 0.4) is 0 Å². The van der Waals surface area contributed by atoms with E-state index in [-0.39, 0.29) is 41.3 Å². The number of benzene rings is 1. The van der Waals surface area contributed by atoms with Gasteiger partial charge >= 0.3 is 23.1 Å². The van der Waals surface area contributed by atoms with Crippen LogP contribution in [0, 0.1) is 11.9 Å². The van der Waals surface area contributed by atoms with Crippen molar-refractivity contribution in [2.45, 2.75) is 0 Å². The van der Waals surface area contributed by atoms with Crippen molar-refractivity contribution in [2.75, 3.05) is 0 Å². The Bertz CT molecular complexity index is 155. The van der Waals surface area contributed by atoms with Gasteiger partial charge in [-0.1, -0.05) is 5.02 Å².